The molecule has 2 fully saturated rings. The summed E-state index contributed by atoms with van der Waals surface area (Å²) in [4.78, 5) is 47.9. The quantitative estimate of drug-likeness (QED) is 0.112. The molecule has 0 aliphatic carbocycles. The van der Waals surface area contributed by atoms with E-state index in [1.807, 2.05) is 6.07 Å². The molecule has 0 saturated carbocycles. The normalized spacial score (nSPS) is 14.0. The summed E-state index contributed by atoms with van der Waals surface area (Å²) in [6.07, 6.45) is -5.84. The number of nitrogens with zero attached hydrogens (tertiary/aromatic N) is 6. The molecule has 3 N–H and O–H groups in total. The van der Waals surface area contributed by atoms with Crippen LogP contribution in [0, 0.1) is 0 Å². The Labute approximate surface area is 428 Å². The van der Waals surface area contributed by atoms with Crippen LogP contribution in [0.1, 0.15) is 31.8 Å². The van der Waals surface area contributed by atoms with Crippen LogP contribution in [-0.4, -0.2) is 84.2 Å². The van der Waals surface area contributed by atoms with Crippen molar-refractivity contribution in [2.45, 2.75) is 12.4 Å². The Morgan fingerprint density at radius 2 is 0.973 bits per heavy atom. The number of piperazine rings is 1. The van der Waals surface area contributed by atoms with Crippen LogP contribution in [0.25, 0.3) is 22.1 Å². The summed E-state index contributed by atoms with van der Waals surface area (Å²) in [5.41, 5.74) is 1.00. The standard InChI is InChI=1S/C26H21ClF3N5O2.C26H20ClF3N4O3/c27-21-6-4-16(12-20(21)26(28,29)30)25(36)33-17-2-1-3-18(13-17)37-19-5-7-22-23(14-19)34-24(15-32-22)35-10-8-31-9-11-35;27-21-6-4-16(12-20(21)26(28,29)30)25(35)32-17-2-1-3-18(13-17)37-19-5-7-22-23(14-19)33-24(15-31-22)34-8-10-36-11-9-34/h1-7,12-15,31H,8-11H2,(H,33,36);1-7,12-15H,8-11H2,(H,32,35). The molecule has 0 unspecified atom stereocenters. The van der Waals surface area contributed by atoms with Gasteiger partial charge in [0.25, 0.3) is 11.8 Å². The molecule has 8 aromatic rings. The zero-order valence-corrected chi connectivity index (χ0v) is 40.1. The van der Waals surface area contributed by atoms with Crippen LogP contribution >= 0.6 is 23.2 Å². The molecule has 380 valence electrons. The van der Waals surface area contributed by atoms with Gasteiger partial charge in [-0.15, -0.1) is 0 Å². The van der Waals surface area contributed by atoms with E-state index < -0.39 is 45.3 Å². The van der Waals surface area contributed by atoms with Crippen LogP contribution < -0.4 is 35.2 Å². The lowest BCUT2D eigenvalue weighted by Crippen LogP contribution is -2.43. The molecule has 2 aliphatic heterocycles. The zero-order valence-electron chi connectivity index (χ0n) is 38.6. The highest BCUT2D eigenvalue weighted by Gasteiger charge is 2.35. The van der Waals surface area contributed by atoms with E-state index >= 15 is 0 Å². The minimum absolute atomic E-state index is 0.170. The van der Waals surface area contributed by atoms with Crippen molar-refractivity contribution in [1.29, 1.82) is 0 Å². The van der Waals surface area contributed by atoms with Gasteiger partial charge in [-0.2, -0.15) is 26.3 Å². The molecule has 2 saturated heterocycles. The van der Waals surface area contributed by atoms with Gasteiger partial charge in [-0.05, 0) is 84.9 Å². The molecule has 0 spiro atoms. The number of alkyl halides is 6. The Balaban J connectivity index is 0.000000182. The highest BCUT2D eigenvalue weighted by Crippen LogP contribution is 2.37. The topological polar surface area (TPSA) is 156 Å². The number of nitrogens with one attached hydrogen (secondary N) is 3. The summed E-state index contributed by atoms with van der Waals surface area (Å²) in [5, 5.41) is 7.54. The van der Waals surface area contributed by atoms with Crippen LogP contribution in [-0.2, 0) is 17.1 Å². The lowest BCUT2D eigenvalue weighted by atomic mass is 10.1. The van der Waals surface area contributed by atoms with Gasteiger partial charge < -0.3 is 40.0 Å². The Morgan fingerprint density at radius 1 is 0.541 bits per heavy atom. The predicted molar refractivity (Wildman–Crippen MR) is 269 cm³/mol. The number of carbonyl (C=O) groups excluding carboxylic acids is 2. The second-order valence-electron chi connectivity index (χ2n) is 16.6. The second-order valence-corrected chi connectivity index (χ2v) is 17.5. The Morgan fingerprint density at radius 3 is 1.42 bits per heavy atom. The molecular weight excluding hydrogens is 1020 g/mol. The Hall–Kier alpha value is -7.78. The smallest absolute Gasteiger partial charge is 0.417 e. The predicted octanol–water partition coefficient (Wildman–Crippen LogP) is 11.9. The fourth-order valence-electron chi connectivity index (χ4n) is 7.80. The third-order valence-corrected chi connectivity index (χ3v) is 12.2. The van der Waals surface area contributed by atoms with Crippen molar-refractivity contribution in [2.75, 3.05) is 72.9 Å². The van der Waals surface area contributed by atoms with Gasteiger partial charge in [-0.3, -0.25) is 19.6 Å². The minimum atomic E-state index is -4.67. The molecule has 2 aliphatic rings. The van der Waals surface area contributed by atoms with Crippen molar-refractivity contribution in [3.63, 3.8) is 0 Å². The van der Waals surface area contributed by atoms with E-state index in [1.165, 1.54) is 12.1 Å². The number of hydrogen-bond acceptors (Lipinski definition) is 12. The van der Waals surface area contributed by atoms with Crippen LogP contribution in [0.4, 0.5) is 49.4 Å². The van der Waals surface area contributed by atoms with E-state index in [0.29, 0.717) is 64.1 Å². The first-order chi connectivity index (χ1) is 35.5. The maximum absolute atomic E-state index is 13.1. The largest absolute Gasteiger partial charge is 0.457 e. The number of fused-ring (bicyclic) bond motifs is 2. The lowest BCUT2D eigenvalue weighted by molar-refractivity contribution is -0.138. The van der Waals surface area contributed by atoms with Crippen molar-refractivity contribution in [1.82, 2.24) is 25.3 Å². The first-order valence-electron chi connectivity index (χ1n) is 22.8. The molecule has 0 bridgehead atoms. The molecule has 22 heteroatoms. The fourth-order valence-corrected chi connectivity index (χ4v) is 8.25. The number of carbonyl (C=O) groups is 2. The number of aromatic nitrogens is 4. The SMILES string of the molecule is O=C(Nc1cccc(Oc2ccc3ncc(N4CCNCC4)nc3c2)c1)c1ccc(Cl)c(C(F)(F)F)c1.O=C(Nc1cccc(Oc2ccc3ncc(N4CCOCC4)nc3c2)c1)c1ccc(Cl)c(C(F)(F)F)c1. The Kier molecular flexibility index (Phi) is 15.3. The van der Waals surface area contributed by atoms with Crippen molar-refractivity contribution in [3.05, 3.63) is 166 Å². The van der Waals surface area contributed by atoms with Gasteiger partial charge in [0, 0.05) is 86.0 Å². The van der Waals surface area contributed by atoms with Gasteiger partial charge in [0.1, 0.15) is 34.6 Å². The molecule has 0 atom stereocenters. The monoisotopic (exact) mass is 1060 g/mol. The van der Waals surface area contributed by atoms with Crippen molar-refractivity contribution >= 4 is 80.1 Å². The molecule has 0 radical (unpaired) electrons. The second kappa shape index (κ2) is 22.1. The zero-order chi connectivity index (χ0) is 52.0. The summed E-state index contributed by atoms with van der Waals surface area (Å²) in [7, 11) is 0. The number of amides is 2. The van der Waals surface area contributed by atoms with E-state index in [1.54, 1.807) is 91.3 Å². The molecule has 14 nitrogen and oxygen atoms in total. The maximum Gasteiger partial charge on any atom is 0.417 e. The molecule has 2 aromatic heterocycles. The molecule has 2 amide bonds. The van der Waals surface area contributed by atoms with Gasteiger partial charge in [0.05, 0.1) is 68.8 Å². The van der Waals surface area contributed by atoms with Crippen LogP contribution in [0.5, 0.6) is 23.0 Å². The van der Waals surface area contributed by atoms with Gasteiger partial charge in [-0.25, -0.2) is 9.97 Å². The van der Waals surface area contributed by atoms with E-state index in [-0.39, 0.29) is 11.1 Å². The molecule has 4 heterocycles. The first-order valence-corrected chi connectivity index (χ1v) is 23.5. The molecule has 74 heavy (non-hydrogen) atoms. The van der Waals surface area contributed by atoms with Crippen molar-refractivity contribution < 1.29 is 50.1 Å². The van der Waals surface area contributed by atoms with Crippen LogP contribution in [0.3, 0.4) is 0 Å². The number of rotatable bonds is 10. The molecule has 10 rings (SSSR count). The average molecular weight is 1060 g/mol. The third-order valence-electron chi connectivity index (χ3n) is 11.5. The number of hydrogen-bond donors (Lipinski definition) is 3. The number of halogens is 8. The first kappa shape index (κ1) is 51.1. The fraction of sp³-hybridized carbons (Fsp3) is 0.192. The van der Waals surface area contributed by atoms with Gasteiger partial charge >= 0.3 is 12.4 Å². The highest BCUT2D eigenvalue weighted by atomic mass is 35.5. The summed E-state index contributed by atoms with van der Waals surface area (Å²) < 4.78 is 96.2. The van der Waals surface area contributed by atoms with Crippen molar-refractivity contribution in [2.24, 2.45) is 0 Å². The van der Waals surface area contributed by atoms with Gasteiger partial charge in [0.15, 0.2) is 0 Å². The molecule has 6 aromatic carbocycles. The van der Waals surface area contributed by atoms with E-state index in [0.717, 1.165) is 80.7 Å². The van der Waals surface area contributed by atoms with E-state index in [4.69, 9.17) is 47.4 Å². The number of morpholine rings is 1. The Bertz CT molecular complexity index is 3140. The van der Waals surface area contributed by atoms with Crippen LogP contribution in [0.15, 0.2) is 134 Å². The van der Waals surface area contributed by atoms with Crippen molar-refractivity contribution in [3.8, 4) is 23.0 Å². The lowest BCUT2D eigenvalue weighted by Gasteiger charge is -2.28. The summed E-state index contributed by atoms with van der Waals surface area (Å²) in [6, 6.07) is 29.8. The van der Waals surface area contributed by atoms with Crippen LogP contribution in [0.2, 0.25) is 10.0 Å². The maximum atomic E-state index is 13.1. The van der Waals surface area contributed by atoms with E-state index in [2.05, 4.69) is 35.7 Å². The summed E-state index contributed by atoms with van der Waals surface area (Å²) in [6.45, 7) is 6.22. The highest BCUT2D eigenvalue weighted by molar-refractivity contribution is 6.32. The van der Waals surface area contributed by atoms with Gasteiger partial charge in [-0.1, -0.05) is 35.3 Å². The van der Waals surface area contributed by atoms with Gasteiger partial charge in [0.2, 0.25) is 0 Å². The minimum Gasteiger partial charge on any atom is -0.457 e. The summed E-state index contributed by atoms with van der Waals surface area (Å²) in [5.74, 6) is 2.01. The third kappa shape index (κ3) is 12.7. The summed E-state index contributed by atoms with van der Waals surface area (Å²) >= 11 is 11.3. The molecular formula is C52H41Cl2F6N9O5. The number of ether oxygens (including phenoxy) is 3. The van der Waals surface area contributed by atoms with E-state index in [9.17, 15) is 35.9 Å². The average Bonchev–Trinajstić information content (AvgIpc) is 3.39. The number of benzene rings is 6. The number of anilines is 4.